The Hall–Kier alpha value is 0.353. The van der Waals surface area contributed by atoms with Crippen LogP contribution in [0.5, 0.6) is 0 Å². The van der Waals surface area contributed by atoms with Crippen molar-refractivity contribution in [2.24, 2.45) is 0 Å². The SMILES string of the molecule is CCCCCC(=O)OC.[Zr]. The zero-order chi connectivity index (χ0) is 7.11. The van der Waals surface area contributed by atoms with E-state index < -0.39 is 0 Å². The Balaban J connectivity index is 0. The van der Waals surface area contributed by atoms with Crippen molar-refractivity contribution in [1.29, 1.82) is 0 Å². The van der Waals surface area contributed by atoms with Gasteiger partial charge < -0.3 is 4.74 Å². The summed E-state index contributed by atoms with van der Waals surface area (Å²) in [6.07, 6.45) is 3.81. The Morgan fingerprint density at radius 2 is 2.00 bits per heavy atom. The van der Waals surface area contributed by atoms with Crippen molar-refractivity contribution < 1.29 is 35.7 Å². The van der Waals surface area contributed by atoms with Gasteiger partial charge in [-0.1, -0.05) is 19.8 Å². The van der Waals surface area contributed by atoms with E-state index in [1.165, 1.54) is 7.11 Å². The molecule has 0 N–H and O–H groups in total. The number of methoxy groups -OCH3 is 1. The van der Waals surface area contributed by atoms with E-state index in [0.29, 0.717) is 6.42 Å². The molecule has 0 saturated heterocycles. The fraction of sp³-hybridized carbons (Fsp3) is 0.857. The Kier molecular flexibility index (Phi) is 12.1. The van der Waals surface area contributed by atoms with Gasteiger partial charge in [0.25, 0.3) is 0 Å². The van der Waals surface area contributed by atoms with Crippen molar-refractivity contribution in [3.63, 3.8) is 0 Å². The van der Waals surface area contributed by atoms with Gasteiger partial charge in [-0.25, -0.2) is 0 Å². The largest absolute Gasteiger partial charge is 0.469 e. The molecule has 0 bridgehead atoms. The molecule has 0 radical (unpaired) electrons. The third-order valence-electron chi connectivity index (χ3n) is 1.21. The summed E-state index contributed by atoms with van der Waals surface area (Å²) >= 11 is 0. The van der Waals surface area contributed by atoms with E-state index >= 15 is 0 Å². The van der Waals surface area contributed by atoms with Crippen molar-refractivity contribution in [3.8, 4) is 0 Å². The number of ether oxygens (including phenoxy) is 1. The summed E-state index contributed by atoms with van der Waals surface area (Å²) in [6.45, 7) is 2.11. The van der Waals surface area contributed by atoms with Crippen LogP contribution in [0.15, 0.2) is 0 Å². The molecule has 0 heterocycles. The molecule has 0 aromatic rings. The number of hydrogen-bond donors (Lipinski definition) is 0. The van der Waals surface area contributed by atoms with Gasteiger partial charge in [0, 0.05) is 32.6 Å². The Morgan fingerprint density at radius 3 is 2.40 bits per heavy atom. The average Bonchev–Trinajstić information content (AvgIpc) is 1.89. The van der Waals surface area contributed by atoms with Crippen LogP contribution in [0.4, 0.5) is 0 Å². The zero-order valence-electron chi connectivity index (χ0n) is 6.64. The van der Waals surface area contributed by atoms with Gasteiger partial charge >= 0.3 is 5.97 Å². The van der Waals surface area contributed by atoms with Crippen molar-refractivity contribution in [1.82, 2.24) is 0 Å². The number of hydrogen-bond acceptors (Lipinski definition) is 2. The normalized spacial score (nSPS) is 8.20. The van der Waals surface area contributed by atoms with E-state index in [4.69, 9.17) is 0 Å². The second-order valence-electron chi connectivity index (χ2n) is 2.03. The maximum atomic E-state index is 10.5. The molecule has 0 rings (SSSR count). The molecule has 2 nitrogen and oxygen atoms in total. The first-order chi connectivity index (χ1) is 4.31. The molecule has 0 aromatic heterocycles. The topological polar surface area (TPSA) is 26.3 Å². The first-order valence-corrected chi connectivity index (χ1v) is 3.38. The molecule has 0 amide bonds. The first-order valence-electron chi connectivity index (χ1n) is 3.38. The summed E-state index contributed by atoms with van der Waals surface area (Å²) in [5.74, 6) is -0.0940. The van der Waals surface area contributed by atoms with Crippen molar-refractivity contribution in [2.75, 3.05) is 7.11 Å². The van der Waals surface area contributed by atoms with E-state index in [1.54, 1.807) is 0 Å². The fourth-order valence-electron chi connectivity index (χ4n) is 0.621. The third kappa shape index (κ3) is 8.35. The Labute approximate surface area is 81.5 Å². The van der Waals surface area contributed by atoms with Crippen LogP contribution in [-0.2, 0) is 35.7 Å². The molecule has 0 aliphatic heterocycles. The van der Waals surface area contributed by atoms with Gasteiger partial charge in [-0.15, -0.1) is 0 Å². The molecule has 0 fully saturated rings. The molecule has 10 heavy (non-hydrogen) atoms. The Morgan fingerprint density at radius 1 is 1.40 bits per heavy atom. The molecule has 58 valence electrons. The molecule has 0 saturated carbocycles. The summed E-state index contributed by atoms with van der Waals surface area (Å²) in [4.78, 5) is 10.5. The van der Waals surface area contributed by atoms with E-state index in [-0.39, 0.29) is 32.2 Å². The monoisotopic (exact) mass is 220 g/mol. The molecule has 0 atom stereocenters. The van der Waals surface area contributed by atoms with Crippen LogP contribution in [0.3, 0.4) is 0 Å². The van der Waals surface area contributed by atoms with E-state index in [0.717, 1.165) is 19.3 Å². The van der Waals surface area contributed by atoms with Gasteiger partial charge in [0.1, 0.15) is 0 Å². The average molecular weight is 221 g/mol. The van der Waals surface area contributed by atoms with Crippen LogP contribution in [0.2, 0.25) is 0 Å². The van der Waals surface area contributed by atoms with Gasteiger partial charge in [-0.3, -0.25) is 4.79 Å². The summed E-state index contributed by atoms with van der Waals surface area (Å²) in [6, 6.07) is 0. The first kappa shape index (κ1) is 13.0. The van der Waals surface area contributed by atoms with Gasteiger partial charge in [0.05, 0.1) is 7.11 Å². The van der Waals surface area contributed by atoms with Crippen LogP contribution in [-0.4, -0.2) is 13.1 Å². The Bertz CT molecular complexity index is 83.7. The van der Waals surface area contributed by atoms with Gasteiger partial charge in [-0.05, 0) is 6.42 Å². The summed E-state index contributed by atoms with van der Waals surface area (Å²) in [5, 5.41) is 0. The maximum Gasteiger partial charge on any atom is 0.305 e. The minimum absolute atomic E-state index is 0. The molecule has 0 aliphatic carbocycles. The predicted molar refractivity (Wildman–Crippen MR) is 36.2 cm³/mol. The number of rotatable bonds is 4. The van der Waals surface area contributed by atoms with Crippen molar-refractivity contribution in [3.05, 3.63) is 0 Å². The minimum Gasteiger partial charge on any atom is -0.469 e. The minimum atomic E-state index is -0.0940. The molecule has 0 aliphatic rings. The number of carbonyl (C=O) groups is 1. The molecule has 0 spiro atoms. The molecular weight excluding hydrogens is 207 g/mol. The van der Waals surface area contributed by atoms with E-state index in [9.17, 15) is 4.79 Å². The molecule has 0 aromatic carbocycles. The smallest absolute Gasteiger partial charge is 0.305 e. The number of carbonyl (C=O) groups excluding carboxylic acids is 1. The van der Waals surface area contributed by atoms with Gasteiger partial charge in [-0.2, -0.15) is 0 Å². The quantitative estimate of drug-likeness (QED) is 0.534. The number of unbranched alkanes of at least 4 members (excludes halogenated alkanes) is 2. The van der Waals surface area contributed by atoms with Crippen molar-refractivity contribution in [2.45, 2.75) is 32.6 Å². The molecular formula is C7H14O2Zr. The fourth-order valence-corrected chi connectivity index (χ4v) is 0.621. The molecule has 0 unspecified atom stereocenters. The van der Waals surface area contributed by atoms with E-state index in [1.807, 2.05) is 0 Å². The van der Waals surface area contributed by atoms with Crippen LogP contribution < -0.4 is 0 Å². The van der Waals surface area contributed by atoms with E-state index in [2.05, 4.69) is 11.7 Å². The van der Waals surface area contributed by atoms with Crippen molar-refractivity contribution >= 4 is 5.97 Å². The second kappa shape index (κ2) is 9.35. The standard InChI is InChI=1S/C7H14O2.Zr/c1-3-4-5-6-7(8)9-2;/h3-6H2,1-2H3;. The van der Waals surface area contributed by atoms with Crippen LogP contribution >= 0.6 is 0 Å². The van der Waals surface area contributed by atoms with Gasteiger partial charge in [0.15, 0.2) is 0 Å². The van der Waals surface area contributed by atoms with Crippen LogP contribution in [0.1, 0.15) is 32.6 Å². The van der Waals surface area contributed by atoms with Crippen LogP contribution in [0.25, 0.3) is 0 Å². The number of esters is 1. The summed E-state index contributed by atoms with van der Waals surface area (Å²) in [7, 11) is 1.42. The molecule has 3 heteroatoms. The second-order valence-corrected chi connectivity index (χ2v) is 2.03. The summed E-state index contributed by atoms with van der Waals surface area (Å²) < 4.78 is 4.46. The maximum absolute atomic E-state index is 10.5. The third-order valence-corrected chi connectivity index (χ3v) is 1.21. The predicted octanol–water partition coefficient (Wildman–Crippen LogP) is 1.74. The summed E-state index contributed by atoms with van der Waals surface area (Å²) in [5.41, 5.74) is 0. The van der Waals surface area contributed by atoms with Crippen LogP contribution in [0, 0.1) is 0 Å². The zero-order valence-corrected chi connectivity index (χ0v) is 9.10. The van der Waals surface area contributed by atoms with Gasteiger partial charge in [0.2, 0.25) is 0 Å².